The van der Waals surface area contributed by atoms with Crippen molar-refractivity contribution in [1.82, 2.24) is 0 Å². The van der Waals surface area contributed by atoms with Gasteiger partial charge in [-0.25, -0.2) is 0 Å². The zero-order valence-corrected chi connectivity index (χ0v) is 5.83. The SMILES string of the molecule is N/N=C\[C@H](O)[C@@H](O)[C@@H](O)CO. The molecule has 0 rings (SSSR count). The van der Waals surface area contributed by atoms with Crippen LogP contribution < -0.4 is 5.84 Å². The van der Waals surface area contributed by atoms with E-state index in [9.17, 15) is 0 Å². The van der Waals surface area contributed by atoms with Gasteiger partial charge >= 0.3 is 0 Å². The molecule has 6 heteroatoms. The van der Waals surface area contributed by atoms with Crippen LogP contribution in [0.4, 0.5) is 0 Å². The fraction of sp³-hybridized carbons (Fsp3) is 0.800. The van der Waals surface area contributed by atoms with Crippen molar-refractivity contribution in [3.8, 4) is 0 Å². The first kappa shape index (κ1) is 10.3. The lowest BCUT2D eigenvalue weighted by molar-refractivity contribution is -0.0541. The van der Waals surface area contributed by atoms with Crippen molar-refractivity contribution in [1.29, 1.82) is 0 Å². The summed E-state index contributed by atoms with van der Waals surface area (Å²) in [6.45, 7) is -0.628. The van der Waals surface area contributed by atoms with Crippen molar-refractivity contribution in [2.24, 2.45) is 10.9 Å². The Labute approximate surface area is 63.6 Å². The summed E-state index contributed by atoms with van der Waals surface area (Å²) in [6, 6.07) is 0. The fourth-order valence-corrected chi connectivity index (χ4v) is 0.512. The molecule has 0 radical (unpaired) electrons. The second-order valence-electron chi connectivity index (χ2n) is 2.03. The van der Waals surface area contributed by atoms with Crippen molar-refractivity contribution in [2.75, 3.05) is 6.61 Å². The van der Waals surface area contributed by atoms with Gasteiger partial charge in [-0.05, 0) is 0 Å². The highest BCUT2D eigenvalue weighted by Gasteiger charge is 2.22. The molecule has 6 nitrogen and oxygen atoms in total. The molecule has 3 atom stereocenters. The van der Waals surface area contributed by atoms with Gasteiger partial charge < -0.3 is 26.3 Å². The van der Waals surface area contributed by atoms with Gasteiger partial charge in [-0.2, -0.15) is 5.10 Å². The molecule has 0 aliphatic heterocycles. The van der Waals surface area contributed by atoms with Crippen LogP contribution in [0.25, 0.3) is 0 Å². The van der Waals surface area contributed by atoms with Gasteiger partial charge in [0.05, 0.1) is 12.8 Å². The molecule has 0 heterocycles. The quantitative estimate of drug-likeness (QED) is 0.172. The van der Waals surface area contributed by atoms with Crippen molar-refractivity contribution < 1.29 is 20.4 Å². The maximum Gasteiger partial charge on any atom is 0.119 e. The maximum absolute atomic E-state index is 8.91. The second kappa shape index (κ2) is 5.03. The Kier molecular flexibility index (Phi) is 4.71. The minimum atomic E-state index is -1.47. The molecule has 0 aromatic heterocycles. The summed E-state index contributed by atoms with van der Waals surface area (Å²) in [6.07, 6.45) is -3.35. The lowest BCUT2D eigenvalue weighted by Gasteiger charge is -2.17. The van der Waals surface area contributed by atoms with E-state index < -0.39 is 24.9 Å². The van der Waals surface area contributed by atoms with Crippen molar-refractivity contribution in [2.45, 2.75) is 18.3 Å². The van der Waals surface area contributed by atoms with Crippen LogP contribution in [-0.2, 0) is 0 Å². The van der Waals surface area contributed by atoms with E-state index >= 15 is 0 Å². The summed E-state index contributed by atoms with van der Waals surface area (Å²) in [5.41, 5.74) is 0. The van der Waals surface area contributed by atoms with Crippen LogP contribution >= 0.6 is 0 Å². The van der Waals surface area contributed by atoms with Crippen LogP contribution in [0.5, 0.6) is 0 Å². The molecule has 11 heavy (non-hydrogen) atoms. The van der Waals surface area contributed by atoms with Gasteiger partial charge in [0.2, 0.25) is 0 Å². The maximum atomic E-state index is 8.91. The van der Waals surface area contributed by atoms with Crippen LogP contribution in [-0.4, -0.2) is 51.6 Å². The van der Waals surface area contributed by atoms with E-state index in [1.807, 2.05) is 0 Å². The van der Waals surface area contributed by atoms with Gasteiger partial charge in [-0.3, -0.25) is 0 Å². The Bertz CT molecular complexity index is 130. The minimum Gasteiger partial charge on any atom is -0.394 e. The highest BCUT2D eigenvalue weighted by Crippen LogP contribution is 1.96. The number of hydrogen-bond donors (Lipinski definition) is 5. The molecule has 0 fully saturated rings. The molecular formula is C5H12N2O4. The number of hydrogen-bond acceptors (Lipinski definition) is 6. The van der Waals surface area contributed by atoms with E-state index in [4.69, 9.17) is 20.4 Å². The number of hydrazone groups is 1. The first-order chi connectivity index (χ1) is 5.13. The molecule has 0 unspecified atom stereocenters. The third-order valence-corrected chi connectivity index (χ3v) is 1.17. The largest absolute Gasteiger partial charge is 0.394 e. The summed E-state index contributed by atoms with van der Waals surface area (Å²) in [4.78, 5) is 0. The molecule has 0 aromatic rings. The Morgan fingerprint density at radius 2 is 1.91 bits per heavy atom. The summed E-state index contributed by atoms with van der Waals surface area (Å²) < 4.78 is 0. The average Bonchev–Trinajstić information content (AvgIpc) is 2.02. The van der Waals surface area contributed by atoms with E-state index in [0.29, 0.717) is 0 Å². The highest BCUT2D eigenvalue weighted by atomic mass is 16.4. The minimum absolute atomic E-state index is 0.628. The first-order valence-corrected chi connectivity index (χ1v) is 3.02. The third-order valence-electron chi connectivity index (χ3n) is 1.17. The zero-order valence-electron chi connectivity index (χ0n) is 5.83. The van der Waals surface area contributed by atoms with Gasteiger partial charge in [-0.1, -0.05) is 0 Å². The predicted octanol–water partition coefficient (Wildman–Crippen LogP) is -2.99. The lowest BCUT2D eigenvalue weighted by Crippen LogP contribution is -2.40. The fourth-order valence-electron chi connectivity index (χ4n) is 0.512. The van der Waals surface area contributed by atoms with Crippen molar-refractivity contribution in [3.05, 3.63) is 0 Å². The van der Waals surface area contributed by atoms with Crippen molar-refractivity contribution in [3.63, 3.8) is 0 Å². The van der Waals surface area contributed by atoms with E-state index in [2.05, 4.69) is 10.9 Å². The number of rotatable bonds is 4. The van der Waals surface area contributed by atoms with E-state index in [-0.39, 0.29) is 0 Å². The van der Waals surface area contributed by atoms with Gasteiger partial charge in [-0.15, -0.1) is 0 Å². The van der Waals surface area contributed by atoms with Crippen LogP contribution in [0, 0.1) is 0 Å². The molecule has 0 saturated carbocycles. The number of nitrogens with zero attached hydrogens (tertiary/aromatic N) is 1. The zero-order chi connectivity index (χ0) is 8.85. The van der Waals surface area contributed by atoms with Crippen LogP contribution in [0.3, 0.4) is 0 Å². The number of aliphatic hydroxyl groups excluding tert-OH is 4. The molecular weight excluding hydrogens is 152 g/mol. The topological polar surface area (TPSA) is 119 Å². The predicted molar refractivity (Wildman–Crippen MR) is 37.8 cm³/mol. The number of nitrogens with two attached hydrogens (primary N) is 1. The van der Waals surface area contributed by atoms with E-state index in [1.54, 1.807) is 0 Å². The summed E-state index contributed by atoms with van der Waals surface area (Å²) >= 11 is 0. The standard InChI is InChI=1S/C5H12N2O4/c6-7-1-3(9)5(11)4(10)2-8/h1,3-5,8-11H,2,6H2/b7-1-/t3-,4-,5+/m0/s1. The molecule has 0 saturated heterocycles. The van der Waals surface area contributed by atoms with Gasteiger partial charge in [0.25, 0.3) is 0 Å². The smallest absolute Gasteiger partial charge is 0.119 e. The number of aliphatic hydroxyl groups is 4. The summed E-state index contributed by atoms with van der Waals surface area (Å²) in [7, 11) is 0. The van der Waals surface area contributed by atoms with E-state index in [0.717, 1.165) is 6.21 Å². The summed E-state index contributed by atoms with van der Waals surface area (Å²) in [5.74, 6) is 4.66. The normalized spacial score (nSPS) is 20.0. The lowest BCUT2D eigenvalue weighted by atomic mass is 10.1. The molecule has 0 spiro atoms. The third kappa shape index (κ3) is 3.28. The molecule has 0 aromatic carbocycles. The summed E-state index contributed by atoms with van der Waals surface area (Å²) in [5, 5.41) is 37.8. The van der Waals surface area contributed by atoms with Crippen LogP contribution in [0.2, 0.25) is 0 Å². The van der Waals surface area contributed by atoms with Gasteiger partial charge in [0.15, 0.2) is 0 Å². The van der Waals surface area contributed by atoms with Gasteiger partial charge in [0.1, 0.15) is 18.3 Å². The molecule has 66 valence electrons. The molecule has 6 N–H and O–H groups in total. The monoisotopic (exact) mass is 164 g/mol. The second-order valence-corrected chi connectivity index (χ2v) is 2.03. The molecule has 0 aliphatic carbocycles. The molecule has 0 aliphatic rings. The Hall–Kier alpha value is -0.690. The van der Waals surface area contributed by atoms with Crippen LogP contribution in [0.15, 0.2) is 5.10 Å². The van der Waals surface area contributed by atoms with E-state index in [1.165, 1.54) is 0 Å². The molecule has 0 bridgehead atoms. The highest BCUT2D eigenvalue weighted by molar-refractivity contribution is 5.63. The Morgan fingerprint density at radius 3 is 2.27 bits per heavy atom. The first-order valence-electron chi connectivity index (χ1n) is 3.02. The Balaban J connectivity index is 3.90. The van der Waals surface area contributed by atoms with Gasteiger partial charge in [0, 0.05) is 0 Å². The van der Waals surface area contributed by atoms with Crippen molar-refractivity contribution >= 4 is 6.21 Å². The average molecular weight is 164 g/mol. The van der Waals surface area contributed by atoms with Crippen LogP contribution in [0.1, 0.15) is 0 Å². The Morgan fingerprint density at radius 1 is 1.36 bits per heavy atom. The molecule has 0 amide bonds.